The molecule has 26 heavy (non-hydrogen) atoms. The maximum atomic E-state index is 11.2. The third-order valence-corrected chi connectivity index (χ3v) is 5.23. The van der Waals surface area contributed by atoms with Crippen molar-refractivity contribution in [3.63, 3.8) is 0 Å². The Balaban J connectivity index is 1.75. The van der Waals surface area contributed by atoms with Crippen LogP contribution in [0.25, 0.3) is 0 Å². The molecule has 1 saturated heterocycles. The predicted octanol–water partition coefficient (Wildman–Crippen LogP) is 3.35. The molecule has 4 nitrogen and oxygen atoms in total. The summed E-state index contributed by atoms with van der Waals surface area (Å²) >= 11 is 0. The van der Waals surface area contributed by atoms with E-state index in [9.17, 15) is 9.90 Å². The fraction of sp³-hybridized carbons (Fsp3) is 0.409. The van der Waals surface area contributed by atoms with Gasteiger partial charge in [0, 0.05) is 25.0 Å². The SMILES string of the molecule is O=C(O)CN1CCCNCC1CCC(c1ccccc1)c1ccccc1. The summed E-state index contributed by atoms with van der Waals surface area (Å²) in [5, 5.41) is 12.7. The Morgan fingerprint density at radius 1 is 1.08 bits per heavy atom. The molecule has 0 spiro atoms. The third-order valence-electron chi connectivity index (χ3n) is 5.23. The first-order chi connectivity index (χ1) is 12.7. The van der Waals surface area contributed by atoms with E-state index >= 15 is 0 Å². The van der Waals surface area contributed by atoms with E-state index in [2.05, 4.69) is 70.9 Å². The first-order valence-electron chi connectivity index (χ1n) is 9.50. The third kappa shape index (κ3) is 5.16. The highest BCUT2D eigenvalue weighted by Gasteiger charge is 2.24. The van der Waals surface area contributed by atoms with Gasteiger partial charge in [-0.2, -0.15) is 0 Å². The quantitative estimate of drug-likeness (QED) is 0.802. The number of carboxylic acids is 1. The van der Waals surface area contributed by atoms with E-state index in [1.54, 1.807) is 0 Å². The minimum atomic E-state index is -0.737. The van der Waals surface area contributed by atoms with Crippen LogP contribution in [0, 0.1) is 0 Å². The van der Waals surface area contributed by atoms with Crippen LogP contribution in [0.5, 0.6) is 0 Å². The first-order valence-corrected chi connectivity index (χ1v) is 9.50. The molecule has 0 radical (unpaired) electrons. The maximum Gasteiger partial charge on any atom is 0.317 e. The number of aliphatic carboxylic acids is 1. The highest BCUT2D eigenvalue weighted by molar-refractivity contribution is 5.69. The lowest BCUT2D eigenvalue weighted by atomic mass is 9.86. The highest BCUT2D eigenvalue weighted by Crippen LogP contribution is 2.30. The van der Waals surface area contributed by atoms with E-state index in [1.807, 2.05) is 0 Å². The van der Waals surface area contributed by atoms with Gasteiger partial charge in [0.25, 0.3) is 0 Å². The minimum absolute atomic E-state index is 0.133. The number of nitrogens with zero attached hydrogens (tertiary/aromatic N) is 1. The molecule has 138 valence electrons. The number of hydrogen-bond donors (Lipinski definition) is 2. The van der Waals surface area contributed by atoms with Crippen molar-refractivity contribution in [1.82, 2.24) is 10.2 Å². The maximum absolute atomic E-state index is 11.2. The molecule has 1 fully saturated rings. The van der Waals surface area contributed by atoms with Crippen molar-refractivity contribution < 1.29 is 9.90 Å². The molecule has 3 rings (SSSR count). The van der Waals surface area contributed by atoms with Crippen LogP contribution in [0.4, 0.5) is 0 Å². The van der Waals surface area contributed by atoms with Gasteiger partial charge in [-0.25, -0.2) is 0 Å². The molecule has 4 heteroatoms. The van der Waals surface area contributed by atoms with Crippen LogP contribution >= 0.6 is 0 Å². The van der Waals surface area contributed by atoms with Crippen molar-refractivity contribution in [1.29, 1.82) is 0 Å². The molecule has 0 saturated carbocycles. The van der Waals surface area contributed by atoms with E-state index < -0.39 is 5.97 Å². The van der Waals surface area contributed by atoms with Gasteiger partial charge in [0.15, 0.2) is 0 Å². The molecule has 2 N–H and O–H groups in total. The number of nitrogens with one attached hydrogen (secondary N) is 1. The summed E-state index contributed by atoms with van der Waals surface area (Å²) in [6.07, 6.45) is 3.00. The Morgan fingerprint density at radius 2 is 1.69 bits per heavy atom. The monoisotopic (exact) mass is 352 g/mol. The standard InChI is InChI=1S/C22H28N2O2/c25-22(26)17-24-15-7-14-23-16-20(24)12-13-21(18-8-3-1-4-9-18)19-10-5-2-6-11-19/h1-6,8-11,20-21,23H,7,12-17H2,(H,25,26). The van der Waals surface area contributed by atoms with Crippen LogP contribution in [-0.2, 0) is 4.79 Å². The largest absolute Gasteiger partial charge is 0.480 e. The lowest BCUT2D eigenvalue weighted by Crippen LogP contribution is -2.42. The molecule has 1 atom stereocenters. The van der Waals surface area contributed by atoms with Crippen LogP contribution in [0.3, 0.4) is 0 Å². The summed E-state index contributed by atoms with van der Waals surface area (Å²) < 4.78 is 0. The Bertz CT molecular complexity index is 636. The Kier molecular flexibility index (Phi) is 6.81. The van der Waals surface area contributed by atoms with E-state index in [0.717, 1.165) is 38.9 Å². The molecule has 0 aliphatic carbocycles. The fourth-order valence-corrected chi connectivity index (χ4v) is 3.91. The number of hydrogen-bond acceptors (Lipinski definition) is 3. The van der Waals surface area contributed by atoms with Crippen LogP contribution in [-0.4, -0.2) is 48.2 Å². The Morgan fingerprint density at radius 3 is 2.27 bits per heavy atom. The van der Waals surface area contributed by atoms with Gasteiger partial charge >= 0.3 is 5.97 Å². The first kappa shape index (κ1) is 18.6. The normalized spacial score (nSPS) is 18.6. The Labute approximate surface area is 155 Å². The minimum Gasteiger partial charge on any atom is -0.480 e. The second kappa shape index (κ2) is 9.51. The molecule has 1 aliphatic rings. The van der Waals surface area contributed by atoms with Gasteiger partial charge in [-0.1, -0.05) is 60.7 Å². The van der Waals surface area contributed by atoms with Crippen molar-refractivity contribution in [2.24, 2.45) is 0 Å². The number of carbonyl (C=O) groups is 1. The van der Waals surface area contributed by atoms with Gasteiger partial charge in [-0.05, 0) is 36.9 Å². The zero-order chi connectivity index (χ0) is 18.2. The summed E-state index contributed by atoms with van der Waals surface area (Å²) in [5.74, 6) is -0.396. The predicted molar refractivity (Wildman–Crippen MR) is 104 cm³/mol. The van der Waals surface area contributed by atoms with Crippen molar-refractivity contribution in [2.45, 2.75) is 31.2 Å². The second-order valence-electron chi connectivity index (χ2n) is 7.03. The molecule has 2 aromatic carbocycles. The molecule has 2 aromatic rings. The zero-order valence-electron chi connectivity index (χ0n) is 15.2. The molecule has 1 heterocycles. The van der Waals surface area contributed by atoms with Crippen LogP contribution in [0.1, 0.15) is 36.3 Å². The van der Waals surface area contributed by atoms with Crippen molar-refractivity contribution in [3.8, 4) is 0 Å². The van der Waals surface area contributed by atoms with Gasteiger partial charge < -0.3 is 10.4 Å². The van der Waals surface area contributed by atoms with E-state index in [1.165, 1.54) is 11.1 Å². The van der Waals surface area contributed by atoms with E-state index in [0.29, 0.717) is 5.92 Å². The molecule has 1 aliphatic heterocycles. The molecular formula is C22H28N2O2. The van der Waals surface area contributed by atoms with Crippen LogP contribution < -0.4 is 5.32 Å². The van der Waals surface area contributed by atoms with Crippen LogP contribution in [0.2, 0.25) is 0 Å². The lowest BCUT2D eigenvalue weighted by Gasteiger charge is -2.30. The smallest absolute Gasteiger partial charge is 0.317 e. The van der Waals surface area contributed by atoms with E-state index in [-0.39, 0.29) is 12.6 Å². The van der Waals surface area contributed by atoms with Gasteiger partial charge in [-0.15, -0.1) is 0 Å². The van der Waals surface area contributed by atoms with Gasteiger partial charge in [0.05, 0.1) is 6.54 Å². The summed E-state index contributed by atoms with van der Waals surface area (Å²) in [7, 11) is 0. The van der Waals surface area contributed by atoms with Gasteiger partial charge in [0.2, 0.25) is 0 Å². The van der Waals surface area contributed by atoms with Crippen LogP contribution in [0.15, 0.2) is 60.7 Å². The number of rotatable bonds is 7. The number of benzene rings is 2. The second-order valence-corrected chi connectivity index (χ2v) is 7.03. The summed E-state index contributed by atoms with van der Waals surface area (Å²) in [5.41, 5.74) is 2.65. The fourth-order valence-electron chi connectivity index (χ4n) is 3.91. The van der Waals surface area contributed by atoms with Crippen molar-refractivity contribution >= 4 is 5.97 Å². The number of carboxylic acid groups (broad SMARTS) is 1. The lowest BCUT2D eigenvalue weighted by molar-refractivity contribution is -0.138. The topological polar surface area (TPSA) is 52.6 Å². The summed E-state index contributed by atoms with van der Waals surface area (Å²) in [6, 6.07) is 21.5. The average Bonchev–Trinajstić information content (AvgIpc) is 2.88. The zero-order valence-corrected chi connectivity index (χ0v) is 15.2. The Hall–Kier alpha value is -2.17. The molecule has 0 bridgehead atoms. The van der Waals surface area contributed by atoms with E-state index in [4.69, 9.17) is 0 Å². The van der Waals surface area contributed by atoms with Gasteiger partial charge in [0.1, 0.15) is 0 Å². The summed E-state index contributed by atoms with van der Waals surface area (Å²) in [6.45, 7) is 2.82. The molecule has 1 unspecified atom stereocenters. The van der Waals surface area contributed by atoms with Crippen molar-refractivity contribution in [2.75, 3.05) is 26.2 Å². The molecule has 0 amide bonds. The molecule has 0 aromatic heterocycles. The molecular weight excluding hydrogens is 324 g/mol. The van der Waals surface area contributed by atoms with Gasteiger partial charge in [-0.3, -0.25) is 9.69 Å². The van der Waals surface area contributed by atoms with Crippen molar-refractivity contribution in [3.05, 3.63) is 71.8 Å². The average molecular weight is 352 g/mol. The highest BCUT2D eigenvalue weighted by atomic mass is 16.4. The summed E-state index contributed by atoms with van der Waals surface area (Å²) in [4.78, 5) is 13.4.